The van der Waals surface area contributed by atoms with E-state index >= 15 is 0 Å². The van der Waals surface area contributed by atoms with Crippen molar-refractivity contribution in [2.24, 2.45) is 5.92 Å². The van der Waals surface area contributed by atoms with Crippen molar-refractivity contribution < 1.29 is 10.2 Å². The number of aliphatic hydroxyl groups excluding tert-OH is 1. The van der Waals surface area contributed by atoms with Gasteiger partial charge in [0.25, 0.3) is 0 Å². The van der Waals surface area contributed by atoms with Gasteiger partial charge in [-0.3, -0.25) is 0 Å². The topological polar surface area (TPSA) is 52.5 Å². The van der Waals surface area contributed by atoms with Crippen LogP contribution >= 0.6 is 0 Å². The summed E-state index contributed by atoms with van der Waals surface area (Å²) in [5.74, 6) is 1.01. The molecule has 0 heterocycles. The summed E-state index contributed by atoms with van der Waals surface area (Å²) in [4.78, 5) is 0. The fraction of sp³-hybridized carbons (Fsp3) is 0.538. The Morgan fingerprint density at radius 1 is 1.44 bits per heavy atom. The molecule has 0 amide bonds. The minimum Gasteiger partial charge on any atom is -0.508 e. The molecule has 1 aliphatic carbocycles. The minimum atomic E-state index is -0.457. The van der Waals surface area contributed by atoms with E-state index in [9.17, 15) is 10.2 Å². The maximum absolute atomic E-state index is 9.52. The first-order chi connectivity index (χ1) is 7.64. The maximum Gasteiger partial charge on any atom is 0.115 e. The minimum absolute atomic E-state index is 0.0309. The molecule has 3 nitrogen and oxygen atoms in total. The van der Waals surface area contributed by atoms with Gasteiger partial charge in [0.15, 0.2) is 0 Å². The summed E-state index contributed by atoms with van der Waals surface area (Å²) in [6.07, 6.45) is 2.57. The SMILES string of the molecule is CC(CO)(NCC1CC1)c1cccc(O)c1. The van der Waals surface area contributed by atoms with Gasteiger partial charge in [-0.15, -0.1) is 0 Å². The number of benzene rings is 1. The second kappa shape index (κ2) is 4.44. The number of hydrogen-bond donors (Lipinski definition) is 3. The normalized spacial score (nSPS) is 19.4. The molecule has 1 atom stereocenters. The van der Waals surface area contributed by atoms with Crippen LogP contribution in [0.5, 0.6) is 5.75 Å². The Morgan fingerprint density at radius 3 is 2.75 bits per heavy atom. The van der Waals surface area contributed by atoms with Crippen molar-refractivity contribution in [1.82, 2.24) is 5.32 Å². The van der Waals surface area contributed by atoms with Gasteiger partial charge in [0.1, 0.15) is 5.75 Å². The summed E-state index contributed by atoms with van der Waals surface area (Å²) in [5.41, 5.74) is 0.470. The molecule has 0 bridgehead atoms. The molecule has 0 aromatic heterocycles. The van der Waals surface area contributed by atoms with E-state index in [2.05, 4.69) is 5.32 Å². The lowest BCUT2D eigenvalue weighted by Crippen LogP contribution is -2.43. The van der Waals surface area contributed by atoms with Crippen LogP contribution in [0.25, 0.3) is 0 Å². The van der Waals surface area contributed by atoms with Crippen LogP contribution in [0.2, 0.25) is 0 Å². The van der Waals surface area contributed by atoms with Crippen molar-refractivity contribution in [3.05, 3.63) is 29.8 Å². The second-order valence-corrected chi connectivity index (χ2v) is 4.86. The predicted octanol–water partition coefficient (Wildman–Crippen LogP) is 1.60. The highest BCUT2D eigenvalue weighted by Gasteiger charge is 2.29. The van der Waals surface area contributed by atoms with Gasteiger partial charge in [0.05, 0.1) is 12.1 Å². The van der Waals surface area contributed by atoms with Crippen LogP contribution in [0.3, 0.4) is 0 Å². The van der Waals surface area contributed by atoms with Crippen molar-refractivity contribution in [2.45, 2.75) is 25.3 Å². The molecule has 0 spiro atoms. The van der Waals surface area contributed by atoms with Crippen molar-refractivity contribution in [1.29, 1.82) is 0 Å². The smallest absolute Gasteiger partial charge is 0.115 e. The molecule has 1 aromatic rings. The van der Waals surface area contributed by atoms with Gasteiger partial charge >= 0.3 is 0 Å². The van der Waals surface area contributed by atoms with Crippen LogP contribution in [0, 0.1) is 5.92 Å². The summed E-state index contributed by atoms with van der Waals surface area (Å²) in [6.45, 7) is 2.93. The van der Waals surface area contributed by atoms with Crippen molar-refractivity contribution in [3.8, 4) is 5.75 Å². The highest BCUT2D eigenvalue weighted by molar-refractivity contribution is 5.32. The fourth-order valence-corrected chi connectivity index (χ4v) is 1.79. The molecule has 1 saturated carbocycles. The molecule has 3 N–H and O–H groups in total. The van der Waals surface area contributed by atoms with Gasteiger partial charge in [-0.05, 0) is 49.9 Å². The summed E-state index contributed by atoms with van der Waals surface area (Å²) >= 11 is 0. The number of phenols is 1. The monoisotopic (exact) mass is 221 g/mol. The average Bonchev–Trinajstić information content (AvgIpc) is 3.10. The largest absolute Gasteiger partial charge is 0.508 e. The van der Waals surface area contributed by atoms with E-state index in [1.165, 1.54) is 12.8 Å². The van der Waals surface area contributed by atoms with Crippen LogP contribution in [0.1, 0.15) is 25.3 Å². The number of phenolic OH excluding ortho intramolecular Hbond substituents is 1. The van der Waals surface area contributed by atoms with Crippen molar-refractivity contribution in [3.63, 3.8) is 0 Å². The Labute approximate surface area is 96.1 Å². The predicted molar refractivity (Wildman–Crippen MR) is 63.3 cm³/mol. The van der Waals surface area contributed by atoms with Crippen LogP contribution < -0.4 is 5.32 Å². The third kappa shape index (κ3) is 2.54. The number of hydrogen-bond acceptors (Lipinski definition) is 3. The van der Waals surface area contributed by atoms with Crippen molar-refractivity contribution >= 4 is 0 Å². The first-order valence-corrected chi connectivity index (χ1v) is 5.79. The third-order valence-corrected chi connectivity index (χ3v) is 3.28. The molecule has 1 aromatic carbocycles. The summed E-state index contributed by atoms with van der Waals surface area (Å²) in [6, 6.07) is 7.07. The summed E-state index contributed by atoms with van der Waals surface area (Å²) in [7, 11) is 0. The Kier molecular flexibility index (Phi) is 3.17. The molecule has 1 aliphatic rings. The lowest BCUT2D eigenvalue weighted by Gasteiger charge is -2.29. The number of aromatic hydroxyl groups is 1. The van der Waals surface area contributed by atoms with Crippen LogP contribution in [0.15, 0.2) is 24.3 Å². The quantitative estimate of drug-likeness (QED) is 0.708. The Hall–Kier alpha value is -1.06. The highest BCUT2D eigenvalue weighted by Crippen LogP contribution is 2.30. The first kappa shape index (κ1) is 11.4. The van der Waals surface area contributed by atoms with Crippen molar-refractivity contribution in [2.75, 3.05) is 13.2 Å². The van der Waals surface area contributed by atoms with Gasteiger partial charge in [0, 0.05) is 0 Å². The van der Waals surface area contributed by atoms with Crippen LogP contribution in [-0.2, 0) is 5.54 Å². The Balaban J connectivity index is 2.11. The molecule has 0 radical (unpaired) electrons. The Morgan fingerprint density at radius 2 is 2.19 bits per heavy atom. The number of nitrogens with one attached hydrogen (secondary N) is 1. The molecule has 1 fully saturated rings. The summed E-state index contributed by atoms with van der Waals surface area (Å²) in [5, 5.41) is 22.4. The van der Waals surface area contributed by atoms with E-state index in [-0.39, 0.29) is 12.4 Å². The third-order valence-electron chi connectivity index (χ3n) is 3.28. The van der Waals surface area contributed by atoms with Gasteiger partial charge in [-0.1, -0.05) is 12.1 Å². The van der Waals surface area contributed by atoms with Crippen LogP contribution in [-0.4, -0.2) is 23.4 Å². The molecule has 88 valence electrons. The zero-order valence-electron chi connectivity index (χ0n) is 9.61. The standard InChI is InChI=1S/C13H19NO2/c1-13(9-15,14-8-10-5-6-10)11-3-2-4-12(16)7-11/h2-4,7,10,14-16H,5-6,8-9H2,1H3. The summed E-state index contributed by atoms with van der Waals surface area (Å²) < 4.78 is 0. The number of aliphatic hydroxyl groups is 1. The molecule has 2 rings (SSSR count). The van der Waals surface area contributed by atoms with E-state index in [1.807, 2.05) is 13.0 Å². The Bertz CT molecular complexity index is 363. The lowest BCUT2D eigenvalue weighted by atomic mass is 9.92. The van der Waals surface area contributed by atoms with E-state index in [1.54, 1.807) is 18.2 Å². The van der Waals surface area contributed by atoms with Crippen LogP contribution in [0.4, 0.5) is 0 Å². The number of rotatable bonds is 5. The fourth-order valence-electron chi connectivity index (χ4n) is 1.79. The average molecular weight is 221 g/mol. The van der Waals surface area contributed by atoms with E-state index < -0.39 is 5.54 Å². The molecular formula is C13H19NO2. The van der Waals surface area contributed by atoms with Gasteiger partial charge in [-0.25, -0.2) is 0 Å². The van der Waals surface area contributed by atoms with Gasteiger partial charge in [0.2, 0.25) is 0 Å². The molecule has 0 aliphatic heterocycles. The molecule has 16 heavy (non-hydrogen) atoms. The molecule has 1 unspecified atom stereocenters. The lowest BCUT2D eigenvalue weighted by molar-refractivity contribution is 0.173. The van der Waals surface area contributed by atoms with E-state index in [0.717, 1.165) is 18.0 Å². The van der Waals surface area contributed by atoms with Gasteiger partial charge < -0.3 is 15.5 Å². The second-order valence-electron chi connectivity index (χ2n) is 4.86. The molecular weight excluding hydrogens is 202 g/mol. The maximum atomic E-state index is 9.52. The van der Waals surface area contributed by atoms with E-state index in [4.69, 9.17) is 0 Å². The van der Waals surface area contributed by atoms with Gasteiger partial charge in [-0.2, -0.15) is 0 Å². The first-order valence-electron chi connectivity index (χ1n) is 5.79. The highest BCUT2D eigenvalue weighted by atomic mass is 16.3. The van der Waals surface area contributed by atoms with E-state index in [0.29, 0.717) is 0 Å². The molecule has 3 heteroatoms. The zero-order chi connectivity index (χ0) is 11.6. The molecule has 0 saturated heterocycles. The zero-order valence-corrected chi connectivity index (χ0v) is 9.61.